The van der Waals surface area contributed by atoms with Crippen molar-refractivity contribution in [2.75, 3.05) is 75.3 Å². The fraction of sp³-hybridized carbons (Fsp3) is 0.341. The molecule has 0 bridgehead atoms. The summed E-state index contributed by atoms with van der Waals surface area (Å²) in [5.74, 6) is 3.81. The van der Waals surface area contributed by atoms with Gasteiger partial charge in [-0.15, -0.1) is 0 Å². The van der Waals surface area contributed by atoms with E-state index >= 15 is 0 Å². The summed E-state index contributed by atoms with van der Waals surface area (Å²) in [6.07, 6.45) is 2.30. The molecule has 6 aromatic rings. The van der Waals surface area contributed by atoms with Crippen LogP contribution in [0.4, 0.5) is 11.6 Å². The molecule has 3 aliphatic rings. The van der Waals surface area contributed by atoms with Gasteiger partial charge in [0.25, 0.3) is 0 Å². The number of nitrogens with one attached hydrogen (secondary N) is 1. The summed E-state index contributed by atoms with van der Waals surface area (Å²) in [5.41, 5.74) is 4.10. The van der Waals surface area contributed by atoms with Gasteiger partial charge < -0.3 is 24.6 Å². The molecule has 9 rings (SSSR count). The van der Waals surface area contributed by atoms with Crippen LogP contribution in [0.15, 0.2) is 97.1 Å². The predicted molar refractivity (Wildman–Crippen MR) is 203 cm³/mol. The fourth-order valence-corrected chi connectivity index (χ4v) is 7.18. The molecule has 0 spiro atoms. The number of anilines is 2. The maximum atomic E-state index is 6.46. The van der Waals surface area contributed by atoms with Gasteiger partial charge in [0.15, 0.2) is 11.5 Å². The molecule has 3 aliphatic heterocycles. The molecule has 50 heavy (non-hydrogen) atoms. The summed E-state index contributed by atoms with van der Waals surface area (Å²) in [4.78, 5) is 21.5. The molecule has 9 nitrogen and oxygen atoms in total. The van der Waals surface area contributed by atoms with Gasteiger partial charge in [-0.3, -0.25) is 9.88 Å². The molecule has 2 saturated heterocycles. The van der Waals surface area contributed by atoms with E-state index in [1.807, 2.05) is 37.3 Å². The molecule has 1 N–H and O–H groups in total. The largest absolute Gasteiger partial charge is 0.486 e. The van der Waals surface area contributed by atoms with Crippen molar-refractivity contribution in [2.45, 2.75) is 25.9 Å². The van der Waals surface area contributed by atoms with Crippen molar-refractivity contribution in [1.82, 2.24) is 25.2 Å². The van der Waals surface area contributed by atoms with Crippen LogP contribution in [-0.2, 0) is 0 Å². The number of hydrogen-bond acceptors (Lipinski definition) is 9. The zero-order chi connectivity index (χ0) is 33.7. The molecular formula is C41H45N7O2. The molecule has 3 aromatic carbocycles. The van der Waals surface area contributed by atoms with E-state index in [-0.39, 0.29) is 6.10 Å². The topological polar surface area (TPSA) is 78.9 Å². The van der Waals surface area contributed by atoms with Gasteiger partial charge >= 0.3 is 0 Å². The smallest absolute Gasteiger partial charge is 0.171 e. The Hall–Kier alpha value is -4.99. The van der Waals surface area contributed by atoms with Crippen LogP contribution in [0.3, 0.4) is 0 Å². The van der Waals surface area contributed by atoms with Crippen molar-refractivity contribution in [1.29, 1.82) is 0 Å². The van der Waals surface area contributed by atoms with E-state index in [1.54, 1.807) is 0 Å². The van der Waals surface area contributed by atoms with Crippen LogP contribution >= 0.6 is 0 Å². The molecular weight excluding hydrogens is 622 g/mol. The summed E-state index contributed by atoms with van der Waals surface area (Å²) >= 11 is 0. The minimum absolute atomic E-state index is 0.00902. The standard InChI is InChI=1S/C27H28N4O2.C14H17N3/c1-19-7-9-22-24(28-19)10-11-25-27(22)33-21(18-32-25)17-30-13-4-14-31(16-15-30)26-12-8-20-5-2-3-6-23(20)29-26;1-2-5-13-12(4-1)6-7-14(16-13)17-10-3-8-15-9-11-17/h2-3,5-12,21H,4,13-18H2,1H3;1-2,4-7,15H,3,8-11H2/t21-;/m0./s1. The highest BCUT2D eigenvalue weighted by Gasteiger charge is 2.26. The first kappa shape index (κ1) is 32.2. The number of nitrogens with zero attached hydrogens (tertiary/aromatic N) is 6. The molecule has 0 radical (unpaired) electrons. The quantitative estimate of drug-likeness (QED) is 0.227. The molecule has 3 aromatic heterocycles. The number of benzene rings is 3. The van der Waals surface area contributed by atoms with Crippen molar-refractivity contribution in [2.24, 2.45) is 0 Å². The van der Waals surface area contributed by atoms with Crippen LogP contribution in [0.2, 0.25) is 0 Å². The predicted octanol–water partition coefficient (Wildman–Crippen LogP) is 6.48. The van der Waals surface area contributed by atoms with Crippen molar-refractivity contribution in [3.8, 4) is 11.5 Å². The third kappa shape index (κ3) is 7.29. The average Bonchev–Trinajstić information content (AvgIpc) is 3.58. The summed E-state index contributed by atoms with van der Waals surface area (Å²) in [6, 6.07) is 33.3. The Kier molecular flexibility index (Phi) is 9.58. The molecule has 0 saturated carbocycles. The lowest BCUT2D eigenvalue weighted by atomic mass is 10.1. The lowest BCUT2D eigenvalue weighted by molar-refractivity contribution is 0.0622. The van der Waals surface area contributed by atoms with Crippen molar-refractivity contribution in [3.05, 3.63) is 103 Å². The van der Waals surface area contributed by atoms with E-state index in [9.17, 15) is 0 Å². The van der Waals surface area contributed by atoms with Crippen LogP contribution in [0.5, 0.6) is 11.5 Å². The minimum Gasteiger partial charge on any atom is -0.486 e. The van der Waals surface area contributed by atoms with Crippen LogP contribution in [0.25, 0.3) is 32.7 Å². The zero-order valence-electron chi connectivity index (χ0n) is 28.8. The maximum absolute atomic E-state index is 6.46. The van der Waals surface area contributed by atoms with Crippen LogP contribution in [0, 0.1) is 6.92 Å². The molecule has 1 atom stereocenters. The normalized spacial score (nSPS) is 18.4. The lowest BCUT2D eigenvalue weighted by Gasteiger charge is -2.31. The van der Waals surface area contributed by atoms with E-state index < -0.39 is 0 Å². The van der Waals surface area contributed by atoms with E-state index in [0.29, 0.717) is 6.61 Å². The number of hydrogen-bond donors (Lipinski definition) is 1. The van der Waals surface area contributed by atoms with Crippen LogP contribution in [-0.4, -0.2) is 91.5 Å². The number of ether oxygens (including phenoxy) is 2. The number of aryl methyl sites for hydroxylation is 1. The van der Waals surface area contributed by atoms with Gasteiger partial charge in [0, 0.05) is 74.2 Å². The molecule has 256 valence electrons. The van der Waals surface area contributed by atoms with E-state index in [1.165, 1.54) is 17.2 Å². The summed E-state index contributed by atoms with van der Waals surface area (Å²) in [5, 5.41) is 6.83. The van der Waals surface area contributed by atoms with E-state index in [0.717, 1.165) is 116 Å². The molecule has 0 unspecified atom stereocenters. The lowest BCUT2D eigenvalue weighted by Crippen LogP contribution is -2.42. The van der Waals surface area contributed by atoms with Crippen LogP contribution in [0.1, 0.15) is 18.5 Å². The van der Waals surface area contributed by atoms with Gasteiger partial charge in [-0.05, 0) is 87.0 Å². The number of para-hydroxylation sites is 2. The Morgan fingerprint density at radius 2 is 1.36 bits per heavy atom. The highest BCUT2D eigenvalue weighted by molar-refractivity contribution is 5.88. The molecule has 0 amide bonds. The fourth-order valence-electron chi connectivity index (χ4n) is 7.18. The van der Waals surface area contributed by atoms with Gasteiger partial charge in [0.2, 0.25) is 0 Å². The van der Waals surface area contributed by atoms with Gasteiger partial charge in [-0.25, -0.2) is 9.97 Å². The van der Waals surface area contributed by atoms with Gasteiger partial charge in [0.05, 0.1) is 16.6 Å². The third-order valence-electron chi connectivity index (χ3n) is 9.84. The SMILES string of the molecule is Cc1ccc2c3c(ccc2n1)OC[C@H](CN1CCCN(c2ccc4ccccc4n2)CC1)O3.c1ccc2nc(N3CCCNCC3)ccc2c1. The van der Waals surface area contributed by atoms with Crippen LogP contribution < -0.4 is 24.6 Å². The van der Waals surface area contributed by atoms with Crippen molar-refractivity contribution < 1.29 is 9.47 Å². The second-order valence-corrected chi connectivity index (χ2v) is 13.4. The maximum Gasteiger partial charge on any atom is 0.171 e. The number of fused-ring (bicyclic) bond motifs is 5. The molecule has 0 aliphatic carbocycles. The zero-order valence-corrected chi connectivity index (χ0v) is 28.8. The highest BCUT2D eigenvalue weighted by atomic mass is 16.6. The van der Waals surface area contributed by atoms with E-state index in [2.05, 4.69) is 91.7 Å². The van der Waals surface area contributed by atoms with Crippen molar-refractivity contribution >= 4 is 44.3 Å². The summed E-state index contributed by atoms with van der Waals surface area (Å²) in [7, 11) is 0. The number of pyridine rings is 3. The Bertz CT molecular complexity index is 2080. The monoisotopic (exact) mass is 667 g/mol. The number of aromatic nitrogens is 3. The molecule has 6 heterocycles. The van der Waals surface area contributed by atoms with Gasteiger partial charge in [0.1, 0.15) is 24.3 Å². The molecule has 9 heteroatoms. The Morgan fingerprint density at radius 3 is 2.14 bits per heavy atom. The molecule has 2 fully saturated rings. The second-order valence-electron chi connectivity index (χ2n) is 13.4. The Labute approximate surface area is 293 Å². The van der Waals surface area contributed by atoms with E-state index in [4.69, 9.17) is 19.4 Å². The second kappa shape index (κ2) is 14.9. The minimum atomic E-state index is 0.00902. The first-order valence-corrected chi connectivity index (χ1v) is 18.0. The summed E-state index contributed by atoms with van der Waals surface area (Å²) in [6.45, 7) is 11.8. The summed E-state index contributed by atoms with van der Waals surface area (Å²) < 4.78 is 12.5. The Balaban J connectivity index is 0.000000178. The Morgan fingerprint density at radius 1 is 0.640 bits per heavy atom. The van der Waals surface area contributed by atoms with Crippen molar-refractivity contribution in [3.63, 3.8) is 0 Å². The van der Waals surface area contributed by atoms with Gasteiger partial charge in [-0.1, -0.05) is 36.4 Å². The van der Waals surface area contributed by atoms with Gasteiger partial charge in [-0.2, -0.15) is 0 Å². The number of rotatable bonds is 4. The third-order valence-corrected chi connectivity index (χ3v) is 9.84. The first-order chi connectivity index (χ1) is 24.7. The average molecular weight is 668 g/mol. The highest BCUT2D eigenvalue weighted by Crippen LogP contribution is 2.38. The first-order valence-electron chi connectivity index (χ1n) is 18.0.